The van der Waals surface area contributed by atoms with E-state index in [9.17, 15) is 13.2 Å². The molecule has 0 radical (unpaired) electrons. The minimum atomic E-state index is -3.54. The van der Waals surface area contributed by atoms with Crippen LogP contribution >= 0.6 is 22.7 Å². The topological polar surface area (TPSA) is 82.6 Å². The summed E-state index contributed by atoms with van der Waals surface area (Å²) in [5.74, 6) is -0.251. The van der Waals surface area contributed by atoms with Gasteiger partial charge in [-0.1, -0.05) is 18.6 Å². The molecule has 0 atom stereocenters. The number of carbonyl (C=O) groups is 1. The van der Waals surface area contributed by atoms with Crippen LogP contribution in [0.3, 0.4) is 0 Å². The molecule has 10 heteroatoms. The molecule has 1 saturated heterocycles. The third-order valence-electron chi connectivity index (χ3n) is 7.62. The Morgan fingerprint density at radius 3 is 2.44 bits per heavy atom. The number of hydrogen-bond donors (Lipinski definition) is 1. The van der Waals surface area contributed by atoms with Crippen LogP contribution < -0.4 is 5.32 Å². The highest BCUT2D eigenvalue weighted by molar-refractivity contribution is 7.89. The number of aromatic nitrogens is 1. The van der Waals surface area contributed by atoms with Gasteiger partial charge in [0.15, 0.2) is 0 Å². The second-order valence-electron chi connectivity index (χ2n) is 10.5. The van der Waals surface area contributed by atoms with E-state index in [2.05, 4.69) is 30.1 Å². The van der Waals surface area contributed by atoms with Crippen molar-refractivity contribution in [2.75, 3.05) is 25.0 Å². The minimum Gasteiger partial charge on any atom is -0.313 e. The second-order valence-corrected chi connectivity index (χ2v) is 14.5. The number of fused-ring (bicyclic) bond motifs is 2. The van der Waals surface area contributed by atoms with Gasteiger partial charge in [-0.2, -0.15) is 4.31 Å². The summed E-state index contributed by atoms with van der Waals surface area (Å²) in [4.78, 5) is 22.3. The van der Waals surface area contributed by atoms with Gasteiger partial charge in [0.2, 0.25) is 10.0 Å². The molecular formula is C29H32N4O3S3. The number of anilines is 1. The molecule has 6 rings (SSSR count). The monoisotopic (exact) mass is 580 g/mol. The van der Waals surface area contributed by atoms with Crippen molar-refractivity contribution in [1.82, 2.24) is 14.2 Å². The summed E-state index contributed by atoms with van der Waals surface area (Å²) in [6, 6.07) is 14.9. The van der Waals surface area contributed by atoms with Gasteiger partial charge in [-0.25, -0.2) is 13.4 Å². The van der Waals surface area contributed by atoms with Crippen LogP contribution in [0.15, 0.2) is 53.4 Å². The fraction of sp³-hybridized carbons (Fsp3) is 0.379. The molecule has 0 unspecified atom stereocenters. The molecule has 2 aromatic carbocycles. The Bertz CT molecular complexity index is 1580. The molecule has 2 aromatic heterocycles. The first-order chi connectivity index (χ1) is 18.8. The van der Waals surface area contributed by atoms with E-state index in [0.717, 1.165) is 64.6 Å². The average Bonchev–Trinajstić information content (AvgIpc) is 3.53. The van der Waals surface area contributed by atoms with E-state index in [4.69, 9.17) is 4.98 Å². The zero-order valence-electron chi connectivity index (χ0n) is 22.1. The standard InChI is InChI=1S/C29H32N4O3S3/c1-19(2)32-17-14-22-25(18-32)38-29(26(22)28-30-23-8-4-5-9-24(23)37-28)31-27(34)20-10-12-21(13-11-20)39(35,36)33-15-6-3-7-16-33/h4-5,8-13,19H,3,6-7,14-18H2,1-2H3,(H,31,34). The van der Waals surface area contributed by atoms with E-state index >= 15 is 0 Å². The summed E-state index contributed by atoms with van der Waals surface area (Å²) in [7, 11) is -3.54. The van der Waals surface area contributed by atoms with Crippen LogP contribution in [-0.4, -0.2) is 54.2 Å². The maximum atomic E-state index is 13.4. The number of carbonyl (C=O) groups excluding carboxylic acids is 1. The maximum absolute atomic E-state index is 13.4. The molecule has 1 N–H and O–H groups in total. The molecule has 0 bridgehead atoms. The molecule has 204 valence electrons. The number of thiazole rings is 1. The van der Waals surface area contributed by atoms with Crippen molar-refractivity contribution in [2.45, 2.75) is 57.0 Å². The highest BCUT2D eigenvalue weighted by Gasteiger charge is 2.29. The van der Waals surface area contributed by atoms with E-state index in [0.29, 0.717) is 24.7 Å². The van der Waals surface area contributed by atoms with E-state index < -0.39 is 10.0 Å². The van der Waals surface area contributed by atoms with Crippen LogP contribution in [0.4, 0.5) is 5.00 Å². The minimum absolute atomic E-state index is 0.233. The summed E-state index contributed by atoms with van der Waals surface area (Å²) in [6.45, 7) is 7.36. The predicted molar refractivity (Wildman–Crippen MR) is 159 cm³/mol. The molecule has 4 aromatic rings. The fourth-order valence-corrected chi connectivity index (χ4v) is 9.26. The lowest BCUT2D eigenvalue weighted by atomic mass is 10.0. The molecule has 4 heterocycles. The number of para-hydroxylation sites is 1. The number of benzene rings is 2. The molecule has 7 nitrogen and oxygen atoms in total. The lowest BCUT2D eigenvalue weighted by Gasteiger charge is -2.30. The number of sulfonamides is 1. The highest BCUT2D eigenvalue weighted by Crippen LogP contribution is 2.46. The van der Waals surface area contributed by atoms with Gasteiger partial charge in [-0.15, -0.1) is 22.7 Å². The van der Waals surface area contributed by atoms with E-state index in [1.807, 2.05) is 18.2 Å². The molecule has 0 spiro atoms. The van der Waals surface area contributed by atoms with Gasteiger partial charge >= 0.3 is 0 Å². The first kappa shape index (κ1) is 26.6. The summed E-state index contributed by atoms with van der Waals surface area (Å²) >= 11 is 3.28. The largest absolute Gasteiger partial charge is 0.313 e. The summed E-state index contributed by atoms with van der Waals surface area (Å²) < 4.78 is 28.7. The van der Waals surface area contributed by atoms with Crippen molar-refractivity contribution < 1.29 is 13.2 Å². The maximum Gasteiger partial charge on any atom is 0.256 e. The van der Waals surface area contributed by atoms with Crippen LogP contribution in [0.2, 0.25) is 0 Å². The first-order valence-corrected chi connectivity index (χ1v) is 16.5. The Balaban J connectivity index is 1.31. The van der Waals surface area contributed by atoms with Crippen molar-refractivity contribution in [2.24, 2.45) is 0 Å². The number of piperidine rings is 1. The Kier molecular flexibility index (Phi) is 7.32. The summed E-state index contributed by atoms with van der Waals surface area (Å²) in [6.07, 6.45) is 3.74. The van der Waals surface area contributed by atoms with Crippen molar-refractivity contribution >= 4 is 53.8 Å². The van der Waals surface area contributed by atoms with Crippen LogP contribution in [0.25, 0.3) is 20.8 Å². The lowest BCUT2D eigenvalue weighted by Crippen LogP contribution is -2.35. The number of nitrogens with one attached hydrogen (secondary N) is 1. The number of nitrogens with zero attached hydrogens (tertiary/aromatic N) is 3. The Morgan fingerprint density at radius 2 is 1.72 bits per heavy atom. The van der Waals surface area contributed by atoms with E-state index in [-0.39, 0.29) is 10.8 Å². The number of rotatable bonds is 6. The average molecular weight is 581 g/mol. The van der Waals surface area contributed by atoms with Crippen LogP contribution in [0.1, 0.15) is 53.9 Å². The second kappa shape index (κ2) is 10.7. The quantitative estimate of drug-likeness (QED) is 0.293. The molecule has 1 amide bonds. The van der Waals surface area contributed by atoms with Gasteiger partial charge < -0.3 is 5.32 Å². The Labute approximate surface area is 237 Å². The lowest BCUT2D eigenvalue weighted by molar-refractivity contribution is 0.102. The van der Waals surface area contributed by atoms with Crippen molar-refractivity contribution in [3.63, 3.8) is 0 Å². The molecule has 0 saturated carbocycles. The van der Waals surface area contributed by atoms with Crippen molar-refractivity contribution in [3.05, 3.63) is 64.5 Å². The summed E-state index contributed by atoms with van der Waals surface area (Å²) in [5, 5.41) is 4.89. The Hall–Kier alpha value is -2.63. The van der Waals surface area contributed by atoms with Gasteiger partial charge in [0.05, 0.1) is 15.1 Å². The molecule has 2 aliphatic heterocycles. The zero-order chi connectivity index (χ0) is 27.1. The zero-order valence-corrected chi connectivity index (χ0v) is 24.6. The van der Waals surface area contributed by atoms with Crippen molar-refractivity contribution in [1.29, 1.82) is 0 Å². The van der Waals surface area contributed by atoms with E-state index in [1.165, 1.54) is 10.4 Å². The number of amides is 1. The van der Waals surface area contributed by atoms with Crippen molar-refractivity contribution in [3.8, 4) is 10.6 Å². The van der Waals surface area contributed by atoms with Gasteiger partial charge in [-0.05, 0) is 75.1 Å². The summed E-state index contributed by atoms with van der Waals surface area (Å²) in [5.41, 5.74) is 3.68. The van der Waals surface area contributed by atoms with Gasteiger partial charge in [0, 0.05) is 48.2 Å². The van der Waals surface area contributed by atoms with Crippen LogP contribution in [-0.2, 0) is 23.0 Å². The third-order valence-corrected chi connectivity index (χ3v) is 11.7. The predicted octanol–water partition coefficient (Wildman–Crippen LogP) is 6.22. The van der Waals surface area contributed by atoms with E-state index in [1.54, 1.807) is 51.2 Å². The number of thiophene rings is 1. The normalized spacial score (nSPS) is 17.0. The molecule has 1 fully saturated rings. The molecular weight excluding hydrogens is 549 g/mol. The highest BCUT2D eigenvalue weighted by atomic mass is 32.2. The van der Waals surface area contributed by atoms with Gasteiger partial charge in [0.25, 0.3) is 5.91 Å². The SMILES string of the molecule is CC(C)N1CCc2c(sc(NC(=O)c3ccc(S(=O)(=O)N4CCCCC4)cc3)c2-c2nc3ccccc3s2)C1. The smallest absolute Gasteiger partial charge is 0.256 e. The van der Waals surface area contributed by atoms with Crippen LogP contribution in [0.5, 0.6) is 0 Å². The fourth-order valence-electron chi connectivity index (χ4n) is 5.37. The third kappa shape index (κ3) is 5.16. The van der Waals surface area contributed by atoms with Gasteiger partial charge in [-0.3, -0.25) is 9.69 Å². The molecule has 39 heavy (non-hydrogen) atoms. The van der Waals surface area contributed by atoms with Gasteiger partial charge in [0.1, 0.15) is 10.0 Å². The first-order valence-electron chi connectivity index (χ1n) is 13.5. The molecule has 2 aliphatic rings. The molecule has 0 aliphatic carbocycles. The van der Waals surface area contributed by atoms with Crippen LogP contribution in [0, 0.1) is 0 Å². The number of hydrogen-bond acceptors (Lipinski definition) is 7. The Morgan fingerprint density at radius 1 is 0.974 bits per heavy atom.